The molecule has 0 saturated heterocycles. The molecule has 0 spiro atoms. The molecule has 1 aliphatic rings. The summed E-state index contributed by atoms with van der Waals surface area (Å²) in [6.45, 7) is 0.697. The third-order valence-corrected chi connectivity index (χ3v) is 3.47. The summed E-state index contributed by atoms with van der Waals surface area (Å²) in [6.07, 6.45) is 1.97. The fourth-order valence-corrected chi connectivity index (χ4v) is 2.52. The van der Waals surface area contributed by atoms with Crippen LogP contribution in [0.1, 0.15) is 5.69 Å². The quantitative estimate of drug-likeness (QED) is 0.773. The zero-order valence-corrected chi connectivity index (χ0v) is 10.7. The molecule has 0 amide bonds. The van der Waals surface area contributed by atoms with Crippen LogP contribution in [-0.4, -0.2) is 16.2 Å². The number of aromatic nitrogens is 2. The number of ether oxygens (including phenoxy) is 2. The lowest BCUT2D eigenvalue weighted by molar-refractivity contribution is 0.174. The van der Waals surface area contributed by atoms with Gasteiger partial charge in [-0.3, -0.25) is 0 Å². The zero-order valence-electron chi connectivity index (χ0n) is 10.7. The second-order valence-corrected chi connectivity index (χ2v) is 4.61. The fraction of sp³-hybridized carbons (Fsp3) is 0.133. The topological polar surface area (TPSA) is 61.8 Å². The van der Waals surface area contributed by atoms with E-state index in [2.05, 4.69) is 4.98 Å². The first-order valence-electron chi connectivity index (χ1n) is 6.43. The number of pyridine rings is 1. The Kier molecular flexibility index (Phi) is 2.40. The van der Waals surface area contributed by atoms with E-state index in [1.54, 1.807) is 0 Å². The van der Waals surface area contributed by atoms with E-state index in [-0.39, 0.29) is 6.79 Å². The maximum absolute atomic E-state index is 5.89. The van der Waals surface area contributed by atoms with Crippen molar-refractivity contribution < 1.29 is 9.47 Å². The van der Waals surface area contributed by atoms with Crippen LogP contribution >= 0.6 is 0 Å². The summed E-state index contributed by atoms with van der Waals surface area (Å²) >= 11 is 0. The van der Waals surface area contributed by atoms with E-state index in [1.165, 1.54) is 0 Å². The standard InChI is InChI=1S/C15H13N3O2/c16-8-11-15(17-14-3-1-2-6-18(11)14)10-4-5-12-13(7-10)20-9-19-12/h1-7H,8-9,16H2. The van der Waals surface area contributed by atoms with Gasteiger partial charge in [0.05, 0.1) is 11.4 Å². The van der Waals surface area contributed by atoms with Crippen LogP contribution in [0.3, 0.4) is 0 Å². The van der Waals surface area contributed by atoms with Crippen LogP contribution in [0.2, 0.25) is 0 Å². The number of nitrogens with two attached hydrogens (primary N) is 1. The molecule has 0 fully saturated rings. The van der Waals surface area contributed by atoms with Crippen molar-refractivity contribution in [3.05, 3.63) is 48.3 Å². The second kappa shape index (κ2) is 4.25. The van der Waals surface area contributed by atoms with Crippen molar-refractivity contribution in [2.24, 2.45) is 5.73 Å². The van der Waals surface area contributed by atoms with Gasteiger partial charge in [0, 0.05) is 18.3 Å². The van der Waals surface area contributed by atoms with E-state index in [1.807, 2.05) is 47.0 Å². The molecule has 20 heavy (non-hydrogen) atoms. The van der Waals surface area contributed by atoms with Crippen LogP contribution in [0, 0.1) is 0 Å². The largest absolute Gasteiger partial charge is 0.454 e. The Morgan fingerprint density at radius 1 is 1.15 bits per heavy atom. The van der Waals surface area contributed by atoms with Crippen molar-refractivity contribution in [3.8, 4) is 22.8 Å². The lowest BCUT2D eigenvalue weighted by Crippen LogP contribution is -2.02. The lowest BCUT2D eigenvalue weighted by Gasteiger charge is -2.03. The van der Waals surface area contributed by atoms with Crippen molar-refractivity contribution in [1.29, 1.82) is 0 Å². The highest BCUT2D eigenvalue weighted by molar-refractivity contribution is 5.69. The van der Waals surface area contributed by atoms with E-state index < -0.39 is 0 Å². The summed E-state index contributed by atoms with van der Waals surface area (Å²) < 4.78 is 12.8. The molecule has 5 nitrogen and oxygen atoms in total. The molecular weight excluding hydrogens is 254 g/mol. The van der Waals surface area contributed by atoms with Gasteiger partial charge in [-0.1, -0.05) is 6.07 Å². The predicted molar refractivity (Wildman–Crippen MR) is 74.6 cm³/mol. The first-order valence-corrected chi connectivity index (χ1v) is 6.43. The molecule has 0 saturated carbocycles. The van der Waals surface area contributed by atoms with E-state index in [0.29, 0.717) is 6.54 Å². The van der Waals surface area contributed by atoms with Gasteiger partial charge in [-0.05, 0) is 30.3 Å². The summed E-state index contributed by atoms with van der Waals surface area (Å²) in [5.74, 6) is 1.52. The number of hydrogen-bond donors (Lipinski definition) is 1. The van der Waals surface area contributed by atoms with Gasteiger partial charge in [-0.15, -0.1) is 0 Å². The Balaban J connectivity index is 1.93. The van der Waals surface area contributed by atoms with Gasteiger partial charge in [-0.2, -0.15) is 0 Å². The number of imidazole rings is 1. The third-order valence-electron chi connectivity index (χ3n) is 3.47. The van der Waals surface area contributed by atoms with Gasteiger partial charge in [0.1, 0.15) is 5.65 Å². The Morgan fingerprint density at radius 3 is 2.95 bits per heavy atom. The van der Waals surface area contributed by atoms with Gasteiger partial charge < -0.3 is 19.6 Å². The molecule has 0 radical (unpaired) electrons. The molecule has 2 aromatic heterocycles. The molecule has 0 atom stereocenters. The number of hydrogen-bond acceptors (Lipinski definition) is 4. The van der Waals surface area contributed by atoms with Crippen molar-refractivity contribution >= 4 is 5.65 Å². The second-order valence-electron chi connectivity index (χ2n) is 4.61. The summed E-state index contributed by atoms with van der Waals surface area (Å²) in [7, 11) is 0. The summed E-state index contributed by atoms with van der Waals surface area (Å²) in [5, 5.41) is 0. The average Bonchev–Trinajstić information content (AvgIpc) is 3.10. The lowest BCUT2D eigenvalue weighted by atomic mass is 10.1. The number of fused-ring (bicyclic) bond motifs is 2. The number of nitrogens with zero attached hydrogens (tertiary/aromatic N) is 2. The Bertz CT molecular complexity index is 795. The van der Waals surface area contributed by atoms with E-state index in [4.69, 9.17) is 15.2 Å². The highest BCUT2D eigenvalue weighted by Crippen LogP contribution is 2.36. The maximum Gasteiger partial charge on any atom is 0.231 e. The van der Waals surface area contributed by atoms with Crippen LogP contribution in [0.15, 0.2) is 42.6 Å². The van der Waals surface area contributed by atoms with Gasteiger partial charge in [-0.25, -0.2) is 4.98 Å². The molecule has 2 N–H and O–H groups in total. The zero-order chi connectivity index (χ0) is 13.5. The molecule has 4 rings (SSSR count). The molecule has 100 valence electrons. The number of benzene rings is 1. The van der Waals surface area contributed by atoms with E-state index in [9.17, 15) is 0 Å². The maximum atomic E-state index is 5.89. The minimum atomic E-state index is 0.272. The van der Waals surface area contributed by atoms with Gasteiger partial charge in [0.2, 0.25) is 6.79 Å². The van der Waals surface area contributed by atoms with E-state index >= 15 is 0 Å². The molecule has 3 aromatic rings. The summed E-state index contributed by atoms with van der Waals surface area (Å²) in [4.78, 5) is 4.67. The molecule has 0 bridgehead atoms. The Hall–Kier alpha value is -2.53. The fourth-order valence-electron chi connectivity index (χ4n) is 2.52. The monoisotopic (exact) mass is 267 g/mol. The van der Waals surface area contributed by atoms with Crippen LogP contribution in [0.5, 0.6) is 11.5 Å². The SMILES string of the molecule is NCc1c(-c2ccc3c(c2)OCO3)nc2ccccn12. The van der Waals surface area contributed by atoms with Crippen molar-refractivity contribution in [1.82, 2.24) is 9.38 Å². The van der Waals surface area contributed by atoms with Gasteiger partial charge in [0.15, 0.2) is 11.5 Å². The minimum Gasteiger partial charge on any atom is -0.454 e. The van der Waals surface area contributed by atoms with Crippen molar-refractivity contribution in [2.75, 3.05) is 6.79 Å². The van der Waals surface area contributed by atoms with Crippen LogP contribution in [0.25, 0.3) is 16.9 Å². The van der Waals surface area contributed by atoms with Crippen LogP contribution < -0.4 is 15.2 Å². The normalized spacial score (nSPS) is 13.1. The number of rotatable bonds is 2. The molecule has 1 aliphatic heterocycles. The smallest absolute Gasteiger partial charge is 0.231 e. The molecule has 5 heteroatoms. The molecule has 3 heterocycles. The van der Waals surface area contributed by atoms with Gasteiger partial charge in [0.25, 0.3) is 0 Å². The summed E-state index contributed by atoms with van der Waals surface area (Å²) in [5.41, 5.74) is 9.64. The third kappa shape index (κ3) is 1.57. The molecule has 1 aromatic carbocycles. The Morgan fingerprint density at radius 2 is 2.05 bits per heavy atom. The summed E-state index contributed by atoms with van der Waals surface area (Å²) in [6, 6.07) is 11.7. The highest BCUT2D eigenvalue weighted by atomic mass is 16.7. The highest BCUT2D eigenvalue weighted by Gasteiger charge is 2.17. The Labute approximate surface area is 115 Å². The van der Waals surface area contributed by atoms with Crippen LogP contribution in [0.4, 0.5) is 0 Å². The first-order chi connectivity index (χ1) is 9.86. The van der Waals surface area contributed by atoms with Gasteiger partial charge >= 0.3 is 0 Å². The van der Waals surface area contributed by atoms with Crippen molar-refractivity contribution in [2.45, 2.75) is 6.54 Å². The molecule has 0 unspecified atom stereocenters. The van der Waals surface area contributed by atoms with Crippen LogP contribution in [-0.2, 0) is 6.54 Å². The predicted octanol–water partition coefficient (Wildman–Crippen LogP) is 2.19. The first kappa shape index (κ1) is 11.3. The molecular formula is C15H13N3O2. The molecule has 0 aliphatic carbocycles. The van der Waals surface area contributed by atoms with Crippen molar-refractivity contribution in [3.63, 3.8) is 0 Å². The van der Waals surface area contributed by atoms with E-state index in [0.717, 1.165) is 34.1 Å². The minimum absolute atomic E-state index is 0.272. The average molecular weight is 267 g/mol.